The Hall–Kier alpha value is -0.170. The number of hydrogen-bond donors (Lipinski definition) is 2. The van der Waals surface area contributed by atoms with Crippen molar-refractivity contribution in [2.24, 2.45) is 11.8 Å². The smallest absolute Gasteiger partial charge is 0.279 e. The molecule has 1 heterocycles. The van der Waals surface area contributed by atoms with Crippen molar-refractivity contribution < 1.29 is 8.42 Å². The average molecular weight is 305 g/mol. The van der Waals surface area contributed by atoms with Gasteiger partial charge in [-0.3, -0.25) is 0 Å². The fraction of sp³-hybridized carbons (Fsp3) is 1.00. The molecule has 0 aromatic heterocycles. The molecule has 0 spiro atoms. The van der Waals surface area contributed by atoms with Crippen LogP contribution in [-0.4, -0.2) is 44.4 Å². The van der Waals surface area contributed by atoms with Crippen molar-refractivity contribution in [1.29, 1.82) is 0 Å². The minimum atomic E-state index is -3.34. The second-order valence-corrected chi connectivity index (χ2v) is 8.29. The maximum absolute atomic E-state index is 12.4. The van der Waals surface area contributed by atoms with Crippen LogP contribution in [0.4, 0.5) is 0 Å². The summed E-state index contributed by atoms with van der Waals surface area (Å²) >= 11 is 0. The van der Waals surface area contributed by atoms with Crippen LogP contribution in [0.5, 0.6) is 0 Å². The third-order valence-corrected chi connectivity index (χ3v) is 5.65. The Morgan fingerprint density at radius 1 is 1.20 bits per heavy atom. The lowest BCUT2D eigenvalue weighted by Crippen LogP contribution is -2.50. The molecule has 0 saturated carbocycles. The van der Waals surface area contributed by atoms with E-state index in [0.29, 0.717) is 31.0 Å². The van der Waals surface area contributed by atoms with Crippen molar-refractivity contribution in [2.45, 2.75) is 59.5 Å². The standard InChI is InChI=1S/C14H31N3O2S/c1-11(2)13(5)16-20(18,19)17-8-6-7-14(10-17)9-15-12(3)4/h11-16H,6-10H2,1-5H3. The van der Waals surface area contributed by atoms with Crippen LogP contribution >= 0.6 is 0 Å². The third kappa shape index (κ3) is 5.68. The number of nitrogens with zero attached hydrogens (tertiary/aromatic N) is 1. The van der Waals surface area contributed by atoms with E-state index in [9.17, 15) is 8.42 Å². The molecule has 1 aliphatic rings. The molecule has 2 unspecified atom stereocenters. The van der Waals surface area contributed by atoms with Gasteiger partial charge in [-0.2, -0.15) is 17.4 Å². The van der Waals surface area contributed by atoms with Gasteiger partial charge in [0.05, 0.1) is 0 Å². The summed E-state index contributed by atoms with van der Waals surface area (Å²) in [5.74, 6) is 0.713. The van der Waals surface area contributed by atoms with Crippen molar-refractivity contribution >= 4 is 10.2 Å². The fourth-order valence-electron chi connectivity index (χ4n) is 2.26. The molecule has 6 heteroatoms. The van der Waals surface area contributed by atoms with E-state index in [1.54, 1.807) is 4.31 Å². The monoisotopic (exact) mass is 305 g/mol. The minimum Gasteiger partial charge on any atom is -0.314 e. The van der Waals surface area contributed by atoms with Gasteiger partial charge in [-0.05, 0) is 38.1 Å². The number of hydrogen-bond acceptors (Lipinski definition) is 3. The molecule has 0 radical (unpaired) electrons. The van der Waals surface area contributed by atoms with Crippen LogP contribution in [0.1, 0.15) is 47.5 Å². The molecule has 2 N–H and O–H groups in total. The van der Waals surface area contributed by atoms with Gasteiger partial charge in [0, 0.05) is 25.2 Å². The lowest BCUT2D eigenvalue weighted by atomic mass is 9.99. The molecule has 0 amide bonds. The van der Waals surface area contributed by atoms with Gasteiger partial charge in [-0.25, -0.2) is 0 Å². The maximum Gasteiger partial charge on any atom is 0.279 e. The van der Waals surface area contributed by atoms with E-state index in [1.807, 2.05) is 20.8 Å². The van der Waals surface area contributed by atoms with Crippen molar-refractivity contribution in [1.82, 2.24) is 14.3 Å². The summed E-state index contributed by atoms with van der Waals surface area (Å²) in [5, 5.41) is 3.40. The van der Waals surface area contributed by atoms with Gasteiger partial charge in [-0.15, -0.1) is 0 Å². The first-order valence-corrected chi connectivity index (χ1v) is 9.17. The molecule has 0 bridgehead atoms. The highest BCUT2D eigenvalue weighted by Crippen LogP contribution is 2.19. The molecule has 1 rings (SSSR count). The molecule has 0 aromatic carbocycles. The second-order valence-electron chi connectivity index (χ2n) is 6.58. The van der Waals surface area contributed by atoms with E-state index in [1.165, 1.54) is 0 Å². The van der Waals surface area contributed by atoms with Crippen LogP contribution in [0.25, 0.3) is 0 Å². The van der Waals surface area contributed by atoms with Gasteiger partial charge in [-0.1, -0.05) is 27.7 Å². The number of rotatable bonds is 7. The average Bonchev–Trinajstić information content (AvgIpc) is 2.36. The topological polar surface area (TPSA) is 61.4 Å². The first-order chi connectivity index (χ1) is 9.22. The minimum absolute atomic E-state index is 0.0332. The molecular weight excluding hydrogens is 274 g/mol. The predicted octanol–water partition coefficient (Wildman–Crippen LogP) is 1.58. The molecule has 20 heavy (non-hydrogen) atoms. The molecular formula is C14H31N3O2S. The summed E-state index contributed by atoms with van der Waals surface area (Å²) in [7, 11) is -3.34. The lowest BCUT2D eigenvalue weighted by Gasteiger charge is -2.33. The SMILES string of the molecule is CC(C)NCC1CCCN(S(=O)(=O)NC(C)C(C)C)C1. The van der Waals surface area contributed by atoms with Gasteiger partial charge in [0.2, 0.25) is 0 Å². The Morgan fingerprint density at radius 2 is 1.85 bits per heavy atom. The molecule has 0 aliphatic carbocycles. The first-order valence-electron chi connectivity index (χ1n) is 7.73. The quantitative estimate of drug-likeness (QED) is 0.750. The fourth-order valence-corrected chi connectivity index (χ4v) is 3.93. The highest BCUT2D eigenvalue weighted by molar-refractivity contribution is 7.87. The molecule has 2 atom stereocenters. The molecule has 1 fully saturated rings. The van der Waals surface area contributed by atoms with E-state index < -0.39 is 10.2 Å². The molecule has 5 nitrogen and oxygen atoms in total. The van der Waals surface area contributed by atoms with Gasteiger partial charge >= 0.3 is 0 Å². The summed E-state index contributed by atoms with van der Waals surface area (Å²) in [5.41, 5.74) is 0. The van der Waals surface area contributed by atoms with Crippen LogP contribution in [0.15, 0.2) is 0 Å². The predicted molar refractivity (Wildman–Crippen MR) is 83.8 cm³/mol. The molecule has 1 saturated heterocycles. The van der Waals surface area contributed by atoms with Crippen molar-refractivity contribution in [3.05, 3.63) is 0 Å². The number of piperidine rings is 1. The zero-order valence-electron chi connectivity index (χ0n) is 13.5. The second kappa shape index (κ2) is 7.73. The van der Waals surface area contributed by atoms with Crippen LogP contribution in [0, 0.1) is 11.8 Å². The Bertz CT molecular complexity index is 382. The van der Waals surface area contributed by atoms with Crippen molar-refractivity contribution in [3.63, 3.8) is 0 Å². The van der Waals surface area contributed by atoms with E-state index >= 15 is 0 Å². The summed E-state index contributed by atoms with van der Waals surface area (Å²) in [6.07, 6.45) is 2.05. The van der Waals surface area contributed by atoms with E-state index in [0.717, 1.165) is 19.4 Å². The highest BCUT2D eigenvalue weighted by atomic mass is 32.2. The first kappa shape index (κ1) is 17.9. The number of nitrogens with one attached hydrogen (secondary N) is 2. The normalized spacial score (nSPS) is 23.4. The highest BCUT2D eigenvalue weighted by Gasteiger charge is 2.30. The van der Waals surface area contributed by atoms with Gasteiger partial charge < -0.3 is 5.32 Å². The Kier molecular flexibility index (Phi) is 6.91. The third-order valence-electron chi connectivity index (χ3n) is 3.97. The van der Waals surface area contributed by atoms with E-state index in [2.05, 4.69) is 23.9 Å². The van der Waals surface area contributed by atoms with Gasteiger partial charge in [0.1, 0.15) is 0 Å². The summed E-state index contributed by atoms with van der Waals surface area (Å²) in [6.45, 7) is 12.4. The molecule has 120 valence electrons. The lowest BCUT2D eigenvalue weighted by molar-refractivity contribution is 0.252. The van der Waals surface area contributed by atoms with Gasteiger partial charge in [0.25, 0.3) is 10.2 Å². The summed E-state index contributed by atoms with van der Waals surface area (Å²) in [4.78, 5) is 0. The Balaban J connectivity index is 2.57. The van der Waals surface area contributed by atoms with Crippen LogP contribution in [0.3, 0.4) is 0 Å². The van der Waals surface area contributed by atoms with Crippen molar-refractivity contribution in [2.75, 3.05) is 19.6 Å². The summed E-state index contributed by atoms with van der Waals surface area (Å²) < 4.78 is 29.2. The largest absolute Gasteiger partial charge is 0.314 e. The van der Waals surface area contributed by atoms with Crippen LogP contribution < -0.4 is 10.0 Å². The van der Waals surface area contributed by atoms with Gasteiger partial charge in [0.15, 0.2) is 0 Å². The summed E-state index contributed by atoms with van der Waals surface area (Å²) in [6, 6.07) is 0.412. The van der Waals surface area contributed by atoms with Crippen LogP contribution in [0.2, 0.25) is 0 Å². The zero-order chi connectivity index (χ0) is 15.3. The van der Waals surface area contributed by atoms with E-state index in [-0.39, 0.29) is 6.04 Å². The Morgan fingerprint density at radius 3 is 2.40 bits per heavy atom. The Labute approximate surface area is 124 Å². The van der Waals surface area contributed by atoms with Crippen molar-refractivity contribution in [3.8, 4) is 0 Å². The molecule has 0 aromatic rings. The van der Waals surface area contributed by atoms with E-state index in [4.69, 9.17) is 0 Å². The maximum atomic E-state index is 12.4. The molecule has 1 aliphatic heterocycles. The zero-order valence-corrected chi connectivity index (χ0v) is 14.3. The van der Waals surface area contributed by atoms with Crippen LogP contribution in [-0.2, 0) is 10.2 Å².